The molecule has 0 aliphatic carbocycles. The highest BCUT2D eigenvalue weighted by atomic mass is 32.2. The predicted molar refractivity (Wildman–Crippen MR) is 132 cm³/mol. The van der Waals surface area contributed by atoms with Crippen molar-refractivity contribution in [3.8, 4) is 17.5 Å². The molecule has 0 atom stereocenters. The molecule has 0 amide bonds. The lowest BCUT2D eigenvalue weighted by Gasteiger charge is -2.22. The zero-order valence-electron chi connectivity index (χ0n) is 21.5. The van der Waals surface area contributed by atoms with Crippen LogP contribution < -0.4 is 13.1 Å². The van der Waals surface area contributed by atoms with Gasteiger partial charge in [0.15, 0.2) is 0 Å². The van der Waals surface area contributed by atoms with E-state index in [4.69, 9.17) is 32.4 Å². The second-order valence-corrected chi connectivity index (χ2v) is 11.0. The molecule has 0 unspecified atom stereocenters. The number of carbonyl (C=O) groups is 1. The molecule has 0 saturated carbocycles. The molecular weight excluding hydrogens is 536 g/mol. The van der Waals surface area contributed by atoms with Crippen LogP contribution in [0.2, 0.25) is 0 Å². The van der Waals surface area contributed by atoms with Crippen LogP contribution in [-0.2, 0) is 39.2 Å². The maximum atomic E-state index is 11.6. The molecule has 0 fully saturated rings. The molecule has 0 bridgehead atoms. The molecule has 1 N–H and O–H groups in total. The first-order valence-electron chi connectivity index (χ1n) is 11.3. The number of carboxylic acid groups (broad SMARTS) is 1. The fourth-order valence-electron chi connectivity index (χ4n) is 2.85. The third-order valence-electron chi connectivity index (χ3n) is 4.51. The van der Waals surface area contributed by atoms with Crippen molar-refractivity contribution in [1.82, 2.24) is 9.88 Å². The first-order valence-corrected chi connectivity index (χ1v) is 15.0. The highest BCUT2D eigenvalue weighted by Crippen LogP contribution is 2.31. The van der Waals surface area contributed by atoms with Gasteiger partial charge in [-0.25, -0.2) is 0 Å². The molecule has 1 aromatic heterocycles. The monoisotopic (exact) mass is 572 g/mol. The molecule has 0 aliphatic heterocycles. The normalized spacial score (nSPS) is 12.0. The van der Waals surface area contributed by atoms with Gasteiger partial charge in [0.1, 0.15) is 12.4 Å². The van der Waals surface area contributed by atoms with Crippen molar-refractivity contribution in [3.63, 3.8) is 0 Å². The summed E-state index contributed by atoms with van der Waals surface area (Å²) in [5.74, 6) is -1.58. The first-order chi connectivity index (χ1) is 17.3. The van der Waals surface area contributed by atoms with Crippen LogP contribution in [0, 0.1) is 6.92 Å². The zero-order valence-corrected chi connectivity index (χ0v) is 23.1. The lowest BCUT2D eigenvalue weighted by molar-refractivity contribution is -0.137. The SMILES string of the molecule is COCCOCCOCCN(CCCC(=O)O)CCOc1cc(OS(C)(=O)=O)nc(OS(C)(=O)=O)c1C. The van der Waals surface area contributed by atoms with Crippen LogP contribution in [0.5, 0.6) is 17.5 Å². The predicted octanol–water partition coefficient (Wildman–Crippen LogP) is 0.292. The van der Waals surface area contributed by atoms with Crippen LogP contribution in [0.3, 0.4) is 0 Å². The van der Waals surface area contributed by atoms with Crippen molar-refractivity contribution in [2.24, 2.45) is 0 Å². The number of aromatic nitrogens is 1. The number of hydrogen-bond acceptors (Lipinski definition) is 13. The molecule has 0 aliphatic rings. The Balaban J connectivity index is 2.79. The average molecular weight is 573 g/mol. The van der Waals surface area contributed by atoms with E-state index in [2.05, 4.69) is 4.98 Å². The number of pyridine rings is 1. The number of nitrogens with zero attached hydrogens (tertiary/aromatic N) is 2. The highest BCUT2D eigenvalue weighted by Gasteiger charge is 2.19. The van der Waals surface area contributed by atoms with E-state index in [1.165, 1.54) is 13.0 Å². The fraction of sp³-hybridized carbons (Fsp3) is 0.714. The topological polar surface area (TPSA) is 177 Å². The van der Waals surface area contributed by atoms with E-state index in [1.807, 2.05) is 4.90 Å². The second-order valence-electron chi connectivity index (χ2n) is 7.87. The maximum absolute atomic E-state index is 11.6. The molecule has 1 rings (SSSR count). The summed E-state index contributed by atoms with van der Waals surface area (Å²) in [4.78, 5) is 16.6. The minimum absolute atomic E-state index is 0.00734. The molecule has 214 valence electrons. The Bertz CT molecular complexity index is 1050. The lowest BCUT2D eigenvalue weighted by Crippen LogP contribution is -2.33. The van der Waals surface area contributed by atoms with Crippen LogP contribution >= 0.6 is 0 Å². The molecular formula is C21H36N2O12S2. The van der Waals surface area contributed by atoms with Crippen molar-refractivity contribution < 1.29 is 54.1 Å². The summed E-state index contributed by atoms with van der Waals surface area (Å²) >= 11 is 0. The van der Waals surface area contributed by atoms with Gasteiger partial charge in [-0.1, -0.05) is 0 Å². The van der Waals surface area contributed by atoms with Gasteiger partial charge in [-0.2, -0.15) is 21.8 Å². The Morgan fingerprint density at radius 1 is 0.919 bits per heavy atom. The minimum atomic E-state index is -3.96. The van der Waals surface area contributed by atoms with Gasteiger partial charge in [0.25, 0.3) is 0 Å². The Kier molecular flexibility index (Phi) is 14.7. The summed E-state index contributed by atoms with van der Waals surface area (Å²) in [7, 11) is -6.32. The van der Waals surface area contributed by atoms with Crippen LogP contribution in [-0.4, -0.2) is 117 Å². The largest absolute Gasteiger partial charge is 0.492 e. The molecule has 0 spiro atoms. The molecule has 1 aromatic rings. The Hall–Kier alpha value is -2.24. The summed E-state index contributed by atoms with van der Waals surface area (Å²) < 4.78 is 77.4. The molecule has 37 heavy (non-hydrogen) atoms. The van der Waals surface area contributed by atoms with Crippen molar-refractivity contribution >= 4 is 26.2 Å². The van der Waals surface area contributed by atoms with Crippen molar-refractivity contribution in [2.45, 2.75) is 19.8 Å². The highest BCUT2D eigenvalue weighted by molar-refractivity contribution is 7.86. The van der Waals surface area contributed by atoms with Gasteiger partial charge in [0.05, 0.1) is 51.1 Å². The van der Waals surface area contributed by atoms with Gasteiger partial charge in [-0.05, 0) is 19.9 Å². The number of carboxylic acids is 1. The third kappa shape index (κ3) is 16.3. The van der Waals surface area contributed by atoms with Crippen LogP contribution in [0.25, 0.3) is 0 Å². The van der Waals surface area contributed by atoms with Crippen LogP contribution in [0.4, 0.5) is 0 Å². The van der Waals surface area contributed by atoms with E-state index in [0.29, 0.717) is 59.1 Å². The summed E-state index contributed by atoms with van der Waals surface area (Å²) in [6.07, 6.45) is 2.06. The third-order valence-corrected chi connectivity index (χ3v) is 5.44. The molecule has 1 heterocycles. The maximum Gasteiger partial charge on any atom is 0.307 e. The molecule has 0 radical (unpaired) electrons. The molecule has 0 aromatic carbocycles. The Morgan fingerprint density at radius 3 is 2.11 bits per heavy atom. The lowest BCUT2D eigenvalue weighted by atomic mass is 10.2. The molecule has 16 heteroatoms. The molecule has 14 nitrogen and oxygen atoms in total. The van der Waals surface area contributed by atoms with Gasteiger partial charge in [-0.15, -0.1) is 0 Å². The van der Waals surface area contributed by atoms with Gasteiger partial charge in [0.2, 0.25) is 11.8 Å². The van der Waals surface area contributed by atoms with Crippen LogP contribution in [0.15, 0.2) is 6.07 Å². The standard InChI is InChI=1S/C21H36N2O12S2/c1-17-18(16-19(34-36(3,26)27)22-21(17)35-37(4,28)29)33-11-9-23(7-5-6-20(24)25)8-10-31-14-15-32-13-12-30-2/h16H,5-15H2,1-4H3,(H,24,25). The second kappa shape index (κ2) is 16.6. The smallest absolute Gasteiger partial charge is 0.307 e. The van der Waals surface area contributed by atoms with E-state index in [9.17, 15) is 21.6 Å². The van der Waals surface area contributed by atoms with Crippen molar-refractivity contribution in [2.75, 3.05) is 78.9 Å². The van der Waals surface area contributed by atoms with E-state index >= 15 is 0 Å². The zero-order chi connectivity index (χ0) is 27.9. The van der Waals surface area contributed by atoms with Crippen molar-refractivity contribution in [3.05, 3.63) is 11.6 Å². The summed E-state index contributed by atoms with van der Waals surface area (Å²) in [5, 5.41) is 8.92. The fourth-order valence-corrected chi connectivity index (χ4v) is 3.69. The average Bonchev–Trinajstić information content (AvgIpc) is 2.75. The van der Waals surface area contributed by atoms with Gasteiger partial charge >= 0.3 is 26.2 Å². The number of ether oxygens (including phenoxy) is 4. The Labute approximate surface area is 218 Å². The van der Waals surface area contributed by atoms with Crippen molar-refractivity contribution in [1.29, 1.82) is 0 Å². The molecule has 0 saturated heterocycles. The number of rotatable bonds is 21. The van der Waals surface area contributed by atoms with E-state index in [0.717, 1.165) is 12.5 Å². The first kappa shape index (κ1) is 32.8. The van der Waals surface area contributed by atoms with E-state index in [1.54, 1.807) is 7.11 Å². The van der Waals surface area contributed by atoms with E-state index < -0.39 is 32.1 Å². The summed E-state index contributed by atoms with van der Waals surface area (Å²) in [6, 6.07) is 1.22. The number of methoxy groups -OCH3 is 1. The number of aliphatic carboxylic acids is 1. The van der Waals surface area contributed by atoms with Gasteiger partial charge in [-0.3, -0.25) is 9.69 Å². The van der Waals surface area contributed by atoms with Gasteiger partial charge in [0, 0.05) is 32.7 Å². The summed E-state index contributed by atoms with van der Waals surface area (Å²) in [6.45, 7) is 5.13. The quantitative estimate of drug-likeness (QED) is 0.157. The van der Waals surface area contributed by atoms with E-state index in [-0.39, 0.29) is 30.2 Å². The summed E-state index contributed by atoms with van der Waals surface area (Å²) in [5.41, 5.74) is 0.223. The van der Waals surface area contributed by atoms with Gasteiger partial charge < -0.3 is 32.4 Å². The minimum Gasteiger partial charge on any atom is -0.492 e. The van der Waals surface area contributed by atoms with Crippen LogP contribution in [0.1, 0.15) is 18.4 Å². The Morgan fingerprint density at radius 2 is 1.51 bits per heavy atom. The number of hydrogen-bond donors (Lipinski definition) is 1.